The van der Waals surface area contributed by atoms with Crippen molar-refractivity contribution in [1.29, 1.82) is 0 Å². The van der Waals surface area contributed by atoms with E-state index in [1.54, 1.807) is 17.9 Å². The molecule has 4 aromatic heterocycles. The number of benzene rings is 1. The zero-order valence-electron chi connectivity index (χ0n) is 21.8. The summed E-state index contributed by atoms with van der Waals surface area (Å²) >= 11 is 0. The van der Waals surface area contributed by atoms with E-state index in [2.05, 4.69) is 32.1 Å². The first-order valence-electron chi connectivity index (χ1n) is 12.5. The van der Waals surface area contributed by atoms with Crippen molar-refractivity contribution in [1.82, 2.24) is 40.4 Å². The van der Waals surface area contributed by atoms with Gasteiger partial charge in [-0.3, -0.25) is 4.90 Å². The normalized spacial score (nSPS) is 14.3. The van der Waals surface area contributed by atoms with Crippen molar-refractivity contribution < 1.29 is 13.9 Å². The molecule has 0 radical (unpaired) electrons. The lowest BCUT2D eigenvalue weighted by atomic mass is 10.2. The van der Waals surface area contributed by atoms with Crippen LogP contribution in [0.5, 0.6) is 5.75 Å². The highest BCUT2D eigenvalue weighted by molar-refractivity contribution is 5.89. The lowest BCUT2D eigenvalue weighted by Crippen LogP contribution is -2.47. The lowest BCUT2D eigenvalue weighted by molar-refractivity contribution is 0.146. The van der Waals surface area contributed by atoms with Gasteiger partial charge in [-0.05, 0) is 43.3 Å². The second-order valence-corrected chi connectivity index (χ2v) is 9.08. The summed E-state index contributed by atoms with van der Waals surface area (Å²) < 4.78 is 19.9. The Morgan fingerprint density at radius 1 is 0.947 bits per heavy atom. The number of methoxy groups -OCH3 is 1. The van der Waals surface area contributed by atoms with E-state index in [1.165, 1.54) is 5.69 Å². The van der Waals surface area contributed by atoms with Gasteiger partial charge in [-0.1, -0.05) is 0 Å². The maximum atomic E-state index is 5.67. The van der Waals surface area contributed by atoms with Gasteiger partial charge in [0, 0.05) is 45.5 Å². The van der Waals surface area contributed by atoms with Crippen LogP contribution in [0.3, 0.4) is 0 Å². The average Bonchev–Trinajstić information content (AvgIpc) is 3.68. The number of anilines is 1. The molecule has 3 N–H and O–H groups in total. The van der Waals surface area contributed by atoms with Crippen molar-refractivity contribution >= 4 is 22.4 Å². The number of hydrogen-bond acceptors (Lipinski definition) is 10. The Morgan fingerprint density at radius 3 is 2.50 bits per heavy atom. The molecule has 200 valence electrons. The van der Waals surface area contributed by atoms with Crippen LogP contribution in [0.25, 0.3) is 28.3 Å². The van der Waals surface area contributed by atoms with Gasteiger partial charge in [0.05, 0.1) is 31.0 Å². The molecule has 6 rings (SSSR count). The molecule has 12 nitrogen and oxygen atoms in total. The Balaban J connectivity index is 0.00000294. The van der Waals surface area contributed by atoms with Gasteiger partial charge in [-0.15, -0.1) is 5.10 Å². The van der Waals surface area contributed by atoms with Gasteiger partial charge < -0.3 is 24.9 Å². The summed E-state index contributed by atoms with van der Waals surface area (Å²) in [6.45, 7) is 8.72. The molecule has 38 heavy (non-hydrogen) atoms. The third-order valence-electron chi connectivity index (χ3n) is 6.73. The fraction of sp³-hybridized carbons (Fsp3) is 0.385. The molecule has 1 fully saturated rings. The molecule has 0 saturated carbocycles. The first kappa shape index (κ1) is 25.6. The molecule has 1 aliphatic heterocycles. The Bertz CT molecular complexity index is 1470. The zero-order chi connectivity index (χ0) is 25.2. The van der Waals surface area contributed by atoms with Crippen molar-refractivity contribution in [3.8, 4) is 17.3 Å². The third-order valence-corrected chi connectivity index (χ3v) is 6.73. The fourth-order valence-electron chi connectivity index (χ4n) is 4.70. The number of piperazine rings is 1. The molecule has 5 aromatic rings. The summed E-state index contributed by atoms with van der Waals surface area (Å²) in [5.74, 6) is 2.81. The fourth-order valence-corrected chi connectivity index (χ4v) is 4.70. The van der Waals surface area contributed by atoms with E-state index in [4.69, 9.17) is 23.9 Å². The minimum Gasteiger partial charge on any atom is -0.491 e. The molecular weight excluding hydrogens is 486 g/mol. The van der Waals surface area contributed by atoms with Crippen LogP contribution in [-0.4, -0.2) is 87.3 Å². The highest BCUT2D eigenvalue weighted by Gasteiger charge is 2.20. The monoisotopic (exact) mass is 519 g/mol. The molecule has 1 aromatic carbocycles. The number of ether oxygens (including phenoxy) is 2. The molecule has 0 unspecified atom stereocenters. The Morgan fingerprint density at radius 2 is 1.76 bits per heavy atom. The average molecular weight is 520 g/mol. The highest BCUT2D eigenvalue weighted by Crippen LogP contribution is 2.23. The van der Waals surface area contributed by atoms with Crippen molar-refractivity contribution in [2.45, 2.75) is 13.5 Å². The summed E-state index contributed by atoms with van der Waals surface area (Å²) in [4.78, 5) is 14.4. The summed E-state index contributed by atoms with van der Waals surface area (Å²) in [5.41, 5.74) is 2.79. The van der Waals surface area contributed by atoms with Crippen molar-refractivity contribution in [2.75, 3.05) is 57.9 Å². The smallest absolute Gasteiger partial charge is 0.217 e. The number of fused-ring (bicyclic) bond motifs is 3. The van der Waals surface area contributed by atoms with Gasteiger partial charge in [0.2, 0.25) is 5.82 Å². The summed E-state index contributed by atoms with van der Waals surface area (Å²) in [6.07, 6.45) is 3.45. The van der Waals surface area contributed by atoms with Crippen LogP contribution in [-0.2, 0) is 11.3 Å². The SMILES string of the molecule is COCCOc1ccc(N2CCN(CCn3ncc4c3nc(C)n3nc(-c5ccco5)nc43)CC2)cc1.N. The number of nitrogens with zero attached hydrogens (tertiary/aromatic N) is 8. The van der Waals surface area contributed by atoms with E-state index in [1.807, 2.05) is 42.1 Å². The van der Waals surface area contributed by atoms with Crippen molar-refractivity contribution in [3.05, 3.63) is 54.7 Å². The topological polar surface area (TPSA) is 134 Å². The lowest BCUT2D eigenvalue weighted by Gasteiger charge is -2.36. The maximum Gasteiger partial charge on any atom is 0.217 e. The molecule has 0 spiro atoms. The number of rotatable bonds is 9. The number of aryl methyl sites for hydroxylation is 1. The predicted molar refractivity (Wildman–Crippen MR) is 144 cm³/mol. The Labute approximate surface area is 220 Å². The molecule has 0 amide bonds. The van der Waals surface area contributed by atoms with Crippen LogP contribution < -0.4 is 15.8 Å². The van der Waals surface area contributed by atoms with E-state index >= 15 is 0 Å². The highest BCUT2D eigenvalue weighted by atomic mass is 16.5. The first-order valence-corrected chi connectivity index (χ1v) is 12.5. The van der Waals surface area contributed by atoms with E-state index in [9.17, 15) is 0 Å². The van der Waals surface area contributed by atoms with Gasteiger partial charge in [-0.2, -0.15) is 9.61 Å². The minimum absolute atomic E-state index is 0. The van der Waals surface area contributed by atoms with E-state index in [0.29, 0.717) is 24.8 Å². The predicted octanol–water partition coefficient (Wildman–Crippen LogP) is 3.05. The summed E-state index contributed by atoms with van der Waals surface area (Å²) in [7, 11) is 1.68. The van der Waals surface area contributed by atoms with Crippen LogP contribution in [0.2, 0.25) is 0 Å². The van der Waals surface area contributed by atoms with Gasteiger partial charge >= 0.3 is 0 Å². The molecule has 1 saturated heterocycles. The zero-order valence-corrected chi connectivity index (χ0v) is 21.8. The molecule has 0 atom stereocenters. The largest absolute Gasteiger partial charge is 0.491 e. The second-order valence-electron chi connectivity index (χ2n) is 9.08. The van der Waals surface area contributed by atoms with E-state index in [-0.39, 0.29) is 6.15 Å². The molecule has 0 aliphatic carbocycles. The van der Waals surface area contributed by atoms with Crippen molar-refractivity contribution in [2.24, 2.45) is 0 Å². The van der Waals surface area contributed by atoms with Crippen molar-refractivity contribution in [3.63, 3.8) is 0 Å². The Hall–Kier alpha value is -4.00. The summed E-state index contributed by atoms with van der Waals surface area (Å²) in [6, 6.07) is 12.0. The van der Waals surface area contributed by atoms with Crippen LogP contribution in [0.1, 0.15) is 5.82 Å². The molecule has 1 aliphatic rings. The molecular formula is C26H33N9O3. The quantitative estimate of drug-likeness (QED) is 0.290. The molecule has 12 heteroatoms. The van der Waals surface area contributed by atoms with E-state index < -0.39 is 0 Å². The van der Waals surface area contributed by atoms with Gasteiger partial charge in [0.25, 0.3) is 0 Å². The number of furan rings is 1. The number of hydrogen-bond donors (Lipinski definition) is 1. The van der Waals surface area contributed by atoms with E-state index in [0.717, 1.165) is 67.5 Å². The maximum absolute atomic E-state index is 5.67. The molecule has 5 heterocycles. The summed E-state index contributed by atoms with van der Waals surface area (Å²) in [5, 5.41) is 10.1. The molecule has 0 bridgehead atoms. The van der Waals surface area contributed by atoms with Crippen LogP contribution in [0.4, 0.5) is 5.69 Å². The van der Waals surface area contributed by atoms with Gasteiger partial charge in [0.1, 0.15) is 18.2 Å². The minimum atomic E-state index is 0. The standard InChI is InChI=1S/C26H30N8O3.H3N/c1-19-28-25-22(26-29-24(30-34(19)26)23-4-3-15-37-23)18-27-33(25)14-11-31-9-12-32(13-10-31)20-5-7-21(8-6-20)36-17-16-35-2;/h3-8,15,18H,9-14,16-17H2,1-2H3;1H3. The first-order chi connectivity index (χ1) is 18.2. The van der Waals surface area contributed by atoms with Crippen LogP contribution in [0, 0.1) is 6.92 Å². The van der Waals surface area contributed by atoms with Gasteiger partial charge in [0.15, 0.2) is 17.1 Å². The Kier molecular flexibility index (Phi) is 7.54. The van der Waals surface area contributed by atoms with Gasteiger partial charge in [-0.25, -0.2) is 14.6 Å². The van der Waals surface area contributed by atoms with Crippen LogP contribution in [0.15, 0.2) is 53.3 Å². The number of aromatic nitrogens is 6. The second kappa shape index (κ2) is 11.2. The third kappa shape index (κ3) is 5.05. The van der Waals surface area contributed by atoms with Crippen LogP contribution >= 0.6 is 0 Å².